The molecule has 8 nitrogen and oxygen atoms in total. The minimum Gasteiger partial charge on any atom is -0.391 e. The van der Waals surface area contributed by atoms with Gasteiger partial charge in [0.15, 0.2) is 11.6 Å². The fourth-order valence-corrected chi connectivity index (χ4v) is 4.22. The molecule has 2 heterocycles. The van der Waals surface area contributed by atoms with E-state index in [2.05, 4.69) is 20.6 Å². The van der Waals surface area contributed by atoms with Crippen LogP contribution in [0.4, 0.5) is 19.4 Å². The molecule has 0 radical (unpaired) electrons. The zero-order valence-corrected chi connectivity index (χ0v) is 18.7. The first-order valence-electron chi connectivity index (χ1n) is 11.0. The van der Waals surface area contributed by atoms with Crippen molar-refractivity contribution in [3.63, 3.8) is 0 Å². The van der Waals surface area contributed by atoms with Crippen LogP contribution in [0.2, 0.25) is 0 Å². The van der Waals surface area contributed by atoms with Gasteiger partial charge in [-0.1, -0.05) is 24.3 Å². The zero-order chi connectivity index (χ0) is 24.1. The molecule has 1 saturated heterocycles. The van der Waals surface area contributed by atoms with E-state index in [4.69, 9.17) is 4.74 Å². The number of hydrogen-bond acceptors (Lipinski definition) is 5. The molecule has 0 bridgehead atoms. The van der Waals surface area contributed by atoms with Crippen LogP contribution in [0, 0.1) is 11.6 Å². The Morgan fingerprint density at radius 2 is 1.97 bits per heavy atom. The number of ether oxygens (including phenoxy) is 1. The van der Waals surface area contributed by atoms with Crippen molar-refractivity contribution in [1.82, 2.24) is 20.0 Å². The van der Waals surface area contributed by atoms with Gasteiger partial charge >= 0.3 is 6.03 Å². The fraction of sp³-hybridized carbons (Fsp3) is 0.333. The van der Waals surface area contributed by atoms with Crippen LogP contribution in [0.3, 0.4) is 0 Å². The Kier molecular flexibility index (Phi) is 7.51. The molecule has 2 amide bonds. The summed E-state index contributed by atoms with van der Waals surface area (Å²) in [5, 5.41) is 19.8. The van der Waals surface area contributed by atoms with Gasteiger partial charge in [0.05, 0.1) is 31.1 Å². The summed E-state index contributed by atoms with van der Waals surface area (Å²) in [6, 6.07) is 12.2. The highest BCUT2D eigenvalue weighted by Crippen LogP contribution is 2.29. The Morgan fingerprint density at radius 1 is 1.18 bits per heavy atom. The Morgan fingerprint density at radius 3 is 2.68 bits per heavy atom. The van der Waals surface area contributed by atoms with Gasteiger partial charge in [-0.05, 0) is 29.8 Å². The maximum absolute atomic E-state index is 13.9. The lowest BCUT2D eigenvalue weighted by Gasteiger charge is -2.21. The van der Waals surface area contributed by atoms with Crippen LogP contribution in [0.5, 0.6) is 0 Å². The minimum absolute atomic E-state index is 0.242. The Hall–Kier alpha value is -3.34. The van der Waals surface area contributed by atoms with Crippen LogP contribution in [-0.2, 0) is 11.3 Å². The van der Waals surface area contributed by atoms with Crippen molar-refractivity contribution in [1.29, 1.82) is 0 Å². The van der Waals surface area contributed by atoms with Crippen molar-refractivity contribution in [2.45, 2.75) is 18.6 Å². The predicted molar refractivity (Wildman–Crippen MR) is 123 cm³/mol. The van der Waals surface area contributed by atoms with E-state index in [0.717, 1.165) is 11.8 Å². The quantitative estimate of drug-likeness (QED) is 0.470. The number of benzene rings is 2. The number of carbonyl (C=O) groups is 1. The van der Waals surface area contributed by atoms with Crippen molar-refractivity contribution in [3.8, 4) is 5.69 Å². The largest absolute Gasteiger partial charge is 0.391 e. The first-order chi connectivity index (χ1) is 16.5. The van der Waals surface area contributed by atoms with Gasteiger partial charge in [0.1, 0.15) is 5.82 Å². The van der Waals surface area contributed by atoms with Crippen LogP contribution in [0.15, 0.2) is 54.7 Å². The Balaban J connectivity index is 1.53. The number of anilines is 1. The molecular formula is C24H27F2N5O3. The van der Waals surface area contributed by atoms with Gasteiger partial charge in [-0.15, -0.1) is 0 Å². The van der Waals surface area contributed by atoms with E-state index in [0.29, 0.717) is 43.2 Å². The fourth-order valence-electron chi connectivity index (χ4n) is 4.22. The summed E-state index contributed by atoms with van der Waals surface area (Å²) in [4.78, 5) is 15.1. The molecule has 2 unspecified atom stereocenters. The number of carbonyl (C=O) groups excluding carboxylic acids is 1. The topological polar surface area (TPSA) is 91.7 Å². The number of methoxy groups -OCH3 is 1. The first kappa shape index (κ1) is 23.8. The number of nitrogens with one attached hydrogen (secondary N) is 2. The molecule has 1 aliphatic heterocycles. The molecule has 2 aromatic carbocycles. The Labute approximate surface area is 196 Å². The molecule has 0 saturated carbocycles. The lowest BCUT2D eigenvalue weighted by atomic mass is 9.94. The van der Waals surface area contributed by atoms with Crippen LogP contribution < -0.4 is 10.6 Å². The van der Waals surface area contributed by atoms with Crippen LogP contribution >= 0.6 is 0 Å². The number of halogens is 2. The highest BCUT2D eigenvalue weighted by Gasteiger charge is 2.35. The summed E-state index contributed by atoms with van der Waals surface area (Å²) in [5.41, 5.74) is 1.79. The van der Waals surface area contributed by atoms with Gasteiger partial charge < -0.3 is 15.2 Å². The van der Waals surface area contributed by atoms with Crippen LogP contribution in [0.25, 0.3) is 5.69 Å². The molecule has 3 N–H and O–H groups in total. The molecular weight excluding hydrogens is 444 g/mol. The standard InChI is InChI=1S/C24H27F2N5O3/c1-34-10-9-30-13-19(16-7-8-20(25)21(26)11-16)22(14-30)28-24(33)29-23-17(15-32)12-27-31(23)18-5-3-2-4-6-18/h2-8,11-12,19,22,32H,9-10,13-15H2,1H3,(H2,28,29,33). The van der Waals surface area contributed by atoms with E-state index in [9.17, 15) is 18.7 Å². The molecule has 10 heteroatoms. The van der Waals surface area contributed by atoms with Gasteiger partial charge in [-0.25, -0.2) is 18.3 Å². The molecule has 1 aromatic heterocycles. The summed E-state index contributed by atoms with van der Waals surface area (Å²) in [6.45, 7) is 1.94. The second-order valence-corrected chi connectivity index (χ2v) is 8.16. The molecule has 3 aromatic rings. The van der Waals surface area contributed by atoms with Gasteiger partial charge in [0.2, 0.25) is 0 Å². The SMILES string of the molecule is COCCN1CC(NC(=O)Nc2c(CO)cnn2-c2ccccc2)C(c2ccc(F)c(F)c2)C1. The normalized spacial score (nSPS) is 18.2. The smallest absolute Gasteiger partial charge is 0.320 e. The number of nitrogens with zero attached hydrogens (tertiary/aromatic N) is 3. The first-order valence-corrected chi connectivity index (χ1v) is 11.0. The van der Waals surface area contributed by atoms with Crippen molar-refractivity contribution in [3.05, 3.63) is 77.5 Å². The number of aliphatic hydroxyl groups excluding tert-OH is 1. The van der Waals surface area contributed by atoms with Crippen molar-refractivity contribution in [2.24, 2.45) is 0 Å². The summed E-state index contributed by atoms with van der Waals surface area (Å²) in [7, 11) is 1.61. The van der Waals surface area contributed by atoms with Gasteiger partial charge in [0, 0.05) is 38.2 Å². The monoisotopic (exact) mass is 471 g/mol. The number of aromatic nitrogens is 2. The number of likely N-dealkylation sites (tertiary alicyclic amines) is 1. The van der Waals surface area contributed by atoms with E-state index in [1.807, 2.05) is 30.3 Å². The molecule has 1 fully saturated rings. The zero-order valence-electron chi connectivity index (χ0n) is 18.7. The average Bonchev–Trinajstić information content (AvgIpc) is 3.43. The molecule has 0 spiro atoms. The number of aliphatic hydroxyl groups is 1. The van der Waals surface area contributed by atoms with Crippen LogP contribution in [-0.4, -0.2) is 65.2 Å². The Bertz CT molecular complexity index is 1130. The summed E-state index contributed by atoms with van der Waals surface area (Å²) < 4.78 is 34.1. The minimum atomic E-state index is -0.921. The molecule has 0 aliphatic carbocycles. The number of amides is 2. The van der Waals surface area contributed by atoms with Gasteiger partial charge in [-0.3, -0.25) is 10.2 Å². The highest BCUT2D eigenvalue weighted by atomic mass is 19.2. The molecule has 2 atom stereocenters. The van der Waals surface area contributed by atoms with Crippen LogP contribution in [0.1, 0.15) is 17.0 Å². The van der Waals surface area contributed by atoms with E-state index in [1.165, 1.54) is 16.9 Å². The van der Waals surface area contributed by atoms with Crippen molar-refractivity contribution in [2.75, 3.05) is 38.7 Å². The summed E-state index contributed by atoms with van der Waals surface area (Å²) in [5.74, 6) is -1.72. The average molecular weight is 472 g/mol. The van der Waals surface area contributed by atoms with E-state index >= 15 is 0 Å². The third-order valence-corrected chi connectivity index (χ3v) is 5.94. The predicted octanol–water partition coefficient (Wildman–Crippen LogP) is 2.88. The number of urea groups is 1. The summed E-state index contributed by atoms with van der Waals surface area (Å²) >= 11 is 0. The maximum Gasteiger partial charge on any atom is 0.320 e. The number of para-hydroxylation sites is 1. The summed E-state index contributed by atoms with van der Waals surface area (Å²) in [6.07, 6.45) is 1.49. The molecule has 4 rings (SSSR count). The third kappa shape index (κ3) is 5.24. The number of rotatable bonds is 8. The lowest BCUT2D eigenvalue weighted by Crippen LogP contribution is -2.42. The second kappa shape index (κ2) is 10.7. The van der Waals surface area contributed by atoms with E-state index < -0.39 is 17.7 Å². The highest BCUT2D eigenvalue weighted by molar-refractivity contribution is 5.89. The van der Waals surface area contributed by atoms with Crippen molar-refractivity contribution >= 4 is 11.8 Å². The maximum atomic E-state index is 13.9. The van der Waals surface area contributed by atoms with E-state index in [-0.39, 0.29) is 18.6 Å². The van der Waals surface area contributed by atoms with Gasteiger partial charge in [-0.2, -0.15) is 5.10 Å². The lowest BCUT2D eigenvalue weighted by molar-refractivity contribution is 0.159. The van der Waals surface area contributed by atoms with Crippen molar-refractivity contribution < 1.29 is 23.4 Å². The van der Waals surface area contributed by atoms with Gasteiger partial charge in [0.25, 0.3) is 0 Å². The number of hydrogen-bond donors (Lipinski definition) is 3. The van der Waals surface area contributed by atoms with E-state index in [1.54, 1.807) is 13.2 Å². The third-order valence-electron chi connectivity index (χ3n) is 5.94. The molecule has 34 heavy (non-hydrogen) atoms. The molecule has 180 valence electrons. The molecule has 1 aliphatic rings. The second-order valence-electron chi connectivity index (χ2n) is 8.16.